The van der Waals surface area contributed by atoms with E-state index >= 15 is 0 Å². The summed E-state index contributed by atoms with van der Waals surface area (Å²) in [5, 5.41) is 11.9. The summed E-state index contributed by atoms with van der Waals surface area (Å²) in [7, 11) is 1.63. The van der Waals surface area contributed by atoms with Crippen LogP contribution in [0.4, 0.5) is 5.69 Å². The van der Waals surface area contributed by atoms with Crippen LogP contribution in [0.25, 0.3) is 0 Å². The predicted octanol–water partition coefficient (Wildman–Crippen LogP) is 3.35. The van der Waals surface area contributed by atoms with Gasteiger partial charge in [0.1, 0.15) is 10.7 Å². The Labute approximate surface area is 117 Å². The maximum Gasteiger partial charge on any atom is 0.118 e. The molecule has 1 N–H and O–H groups in total. The van der Waals surface area contributed by atoms with Crippen LogP contribution in [-0.2, 0) is 0 Å². The second-order valence-electron chi connectivity index (χ2n) is 3.87. The third-order valence-electron chi connectivity index (χ3n) is 2.62. The van der Waals surface area contributed by atoms with E-state index in [0.717, 1.165) is 17.0 Å². The fourth-order valence-electron chi connectivity index (χ4n) is 1.57. The van der Waals surface area contributed by atoms with Crippen molar-refractivity contribution in [2.75, 3.05) is 12.4 Å². The summed E-state index contributed by atoms with van der Waals surface area (Å²) in [6, 6.07) is 16.8. The van der Waals surface area contributed by atoms with Gasteiger partial charge >= 0.3 is 0 Å². The van der Waals surface area contributed by atoms with Gasteiger partial charge in [-0.2, -0.15) is 5.26 Å². The summed E-state index contributed by atoms with van der Waals surface area (Å²) in [6.07, 6.45) is 0. The van der Waals surface area contributed by atoms with E-state index in [-0.39, 0.29) is 0 Å². The molecular weight excluding hydrogens is 256 g/mol. The molecular formula is C15H12N2OS. The second kappa shape index (κ2) is 5.98. The number of methoxy groups -OCH3 is 1. The Kier molecular flexibility index (Phi) is 4.11. The van der Waals surface area contributed by atoms with Crippen molar-refractivity contribution >= 4 is 22.9 Å². The summed E-state index contributed by atoms with van der Waals surface area (Å²) in [5.74, 6) is 0.796. The Morgan fingerprint density at radius 3 is 2.26 bits per heavy atom. The normalized spacial score (nSPS) is 9.47. The van der Waals surface area contributed by atoms with Crippen LogP contribution in [0.15, 0.2) is 48.5 Å². The van der Waals surface area contributed by atoms with Gasteiger partial charge in [0.15, 0.2) is 0 Å². The topological polar surface area (TPSA) is 45.0 Å². The molecule has 94 valence electrons. The molecule has 2 rings (SSSR count). The second-order valence-corrected chi connectivity index (χ2v) is 4.28. The van der Waals surface area contributed by atoms with E-state index in [1.54, 1.807) is 19.2 Å². The third-order valence-corrected chi connectivity index (χ3v) is 2.96. The number of rotatable bonds is 3. The first-order valence-corrected chi connectivity index (χ1v) is 6.09. The molecule has 0 heterocycles. The van der Waals surface area contributed by atoms with Crippen molar-refractivity contribution in [3.63, 3.8) is 0 Å². The van der Waals surface area contributed by atoms with Crippen molar-refractivity contribution < 1.29 is 4.74 Å². The SMILES string of the molecule is COc1ccc(C(=S)Nc2ccc(C#N)cc2)cc1. The summed E-state index contributed by atoms with van der Waals surface area (Å²) < 4.78 is 5.10. The lowest BCUT2D eigenvalue weighted by atomic mass is 10.2. The highest BCUT2D eigenvalue weighted by Crippen LogP contribution is 2.15. The number of hydrogen-bond donors (Lipinski definition) is 1. The molecule has 0 fully saturated rings. The van der Waals surface area contributed by atoms with Gasteiger partial charge in [-0.15, -0.1) is 0 Å². The molecule has 2 aromatic rings. The highest BCUT2D eigenvalue weighted by molar-refractivity contribution is 7.81. The Morgan fingerprint density at radius 1 is 1.11 bits per heavy atom. The third kappa shape index (κ3) is 3.30. The smallest absolute Gasteiger partial charge is 0.118 e. The largest absolute Gasteiger partial charge is 0.497 e. The molecule has 0 aliphatic rings. The first kappa shape index (κ1) is 13.1. The van der Waals surface area contributed by atoms with E-state index in [9.17, 15) is 0 Å². The van der Waals surface area contributed by atoms with Gasteiger partial charge in [0.25, 0.3) is 0 Å². The maximum absolute atomic E-state index is 8.73. The van der Waals surface area contributed by atoms with E-state index in [0.29, 0.717) is 10.6 Å². The van der Waals surface area contributed by atoms with Gasteiger partial charge in [0, 0.05) is 11.3 Å². The van der Waals surface area contributed by atoms with Crippen LogP contribution in [0.5, 0.6) is 5.75 Å². The standard InChI is InChI=1S/C15H12N2OS/c1-18-14-8-4-12(5-9-14)15(19)17-13-6-2-11(10-16)3-7-13/h2-9H,1H3,(H,17,19). The molecule has 0 aromatic heterocycles. The molecule has 2 aromatic carbocycles. The molecule has 4 heteroatoms. The Hall–Kier alpha value is -2.38. The Balaban J connectivity index is 2.09. The molecule has 0 saturated heterocycles. The van der Waals surface area contributed by atoms with Gasteiger partial charge in [-0.05, 0) is 48.5 Å². The molecule has 0 bridgehead atoms. The van der Waals surface area contributed by atoms with Crippen LogP contribution < -0.4 is 10.1 Å². The number of nitrogens with zero attached hydrogens (tertiary/aromatic N) is 1. The Morgan fingerprint density at radius 2 is 1.74 bits per heavy atom. The zero-order valence-corrected chi connectivity index (χ0v) is 11.2. The first-order valence-electron chi connectivity index (χ1n) is 5.68. The van der Waals surface area contributed by atoms with Crippen LogP contribution >= 0.6 is 12.2 Å². The number of benzene rings is 2. The van der Waals surface area contributed by atoms with Crippen molar-refractivity contribution in [3.8, 4) is 11.8 Å². The lowest BCUT2D eigenvalue weighted by Gasteiger charge is -2.08. The zero-order chi connectivity index (χ0) is 13.7. The van der Waals surface area contributed by atoms with Gasteiger partial charge in [0.05, 0.1) is 18.7 Å². The number of anilines is 1. The quantitative estimate of drug-likeness (QED) is 0.867. The monoisotopic (exact) mass is 268 g/mol. The summed E-state index contributed by atoms with van der Waals surface area (Å²) in [4.78, 5) is 0.632. The van der Waals surface area contributed by atoms with Crippen molar-refractivity contribution in [2.45, 2.75) is 0 Å². The minimum absolute atomic E-state index is 0.626. The van der Waals surface area contributed by atoms with Crippen LogP contribution in [-0.4, -0.2) is 12.1 Å². The average molecular weight is 268 g/mol. The van der Waals surface area contributed by atoms with E-state index in [4.69, 9.17) is 22.2 Å². The van der Waals surface area contributed by atoms with E-state index < -0.39 is 0 Å². The lowest BCUT2D eigenvalue weighted by Crippen LogP contribution is -2.10. The minimum atomic E-state index is 0.626. The molecule has 0 atom stereocenters. The highest BCUT2D eigenvalue weighted by atomic mass is 32.1. The molecule has 0 aliphatic heterocycles. The summed E-state index contributed by atoms with van der Waals surface area (Å²) in [5.41, 5.74) is 2.40. The Bertz CT molecular complexity index is 612. The van der Waals surface area contributed by atoms with Gasteiger partial charge < -0.3 is 10.1 Å². The van der Waals surface area contributed by atoms with Crippen molar-refractivity contribution in [1.82, 2.24) is 0 Å². The van der Waals surface area contributed by atoms with Crippen LogP contribution in [0.2, 0.25) is 0 Å². The number of thiocarbonyl (C=S) groups is 1. The van der Waals surface area contributed by atoms with E-state index in [1.807, 2.05) is 36.4 Å². The molecule has 0 saturated carbocycles. The summed E-state index contributed by atoms with van der Waals surface area (Å²) in [6.45, 7) is 0. The van der Waals surface area contributed by atoms with Crippen LogP contribution in [0.1, 0.15) is 11.1 Å². The molecule has 0 aliphatic carbocycles. The van der Waals surface area contributed by atoms with Gasteiger partial charge in [-0.25, -0.2) is 0 Å². The lowest BCUT2D eigenvalue weighted by molar-refractivity contribution is 0.415. The van der Waals surface area contributed by atoms with Crippen molar-refractivity contribution in [2.24, 2.45) is 0 Å². The van der Waals surface area contributed by atoms with Gasteiger partial charge in [-0.3, -0.25) is 0 Å². The minimum Gasteiger partial charge on any atom is -0.497 e. The molecule has 3 nitrogen and oxygen atoms in total. The maximum atomic E-state index is 8.73. The summed E-state index contributed by atoms with van der Waals surface area (Å²) >= 11 is 5.33. The predicted molar refractivity (Wildman–Crippen MR) is 79.5 cm³/mol. The fraction of sp³-hybridized carbons (Fsp3) is 0.0667. The molecule has 0 unspecified atom stereocenters. The number of nitriles is 1. The van der Waals surface area contributed by atoms with Crippen molar-refractivity contribution in [3.05, 3.63) is 59.7 Å². The van der Waals surface area contributed by atoms with Gasteiger partial charge in [-0.1, -0.05) is 12.2 Å². The molecule has 0 spiro atoms. The van der Waals surface area contributed by atoms with Crippen molar-refractivity contribution in [1.29, 1.82) is 5.26 Å². The number of hydrogen-bond acceptors (Lipinski definition) is 3. The number of ether oxygens (including phenoxy) is 1. The first-order chi connectivity index (χ1) is 9.22. The average Bonchev–Trinajstić information content (AvgIpc) is 2.48. The number of nitrogens with one attached hydrogen (secondary N) is 1. The van der Waals surface area contributed by atoms with Crippen LogP contribution in [0, 0.1) is 11.3 Å². The molecule has 0 radical (unpaired) electrons. The van der Waals surface area contributed by atoms with Gasteiger partial charge in [0.2, 0.25) is 0 Å². The zero-order valence-electron chi connectivity index (χ0n) is 10.4. The molecule has 0 amide bonds. The van der Waals surface area contributed by atoms with Crippen LogP contribution in [0.3, 0.4) is 0 Å². The van der Waals surface area contributed by atoms with E-state index in [1.165, 1.54) is 0 Å². The highest BCUT2D eigenvalue weighted by Gasteiger charge is 2.02. The fourth-order valence-corrected chi connectivity index (χ4v) is 1.83. The molecule has 19 heavy (non-hydrogen) atoms. The van der Waals surface area contributed by atoms with E-state index in [2.05, 4.69) is 11.4 Å².